The molecule has 36 heavy (non-hydrogen) atoms. The van der Waals surface area contributed by atoms with E-state index in [0.717, 1.165) is 49.1 Å². The van der Waals surface area contributed by atoms with Crippen LogP contribution in [0.5, 0.6) is 0 Å². The van der Waals surface area contributed by atoms with Crippen LogP contribution in [-0.4, -0.2) is 58.9 Å². The number of aliphatic hydroxyl groups is 1. The summed E-state index contributed by atoms with van der Waals surface area (Å²) in [6.45, 7) is 9.98. The molecule has 0 radical (unpaired) electrons. The lowest BCUT2D eigenvalue weighted by Gasteiger charge is -2.39. The first-order valence-corrected chi connectivity index (χ1v) is 13.7. The number of anilines is 1. The quantitative estimate of drug-likeness (QED) is 0.560. The van der Waals surface area contributed by atoms with Crippen LogP contribution in [0.3, 0.4) is 0 Å². The molecule has 1 aliphatic carbocycles. The van der Waals surface area contributed by atoms with Gasteiger partial charge in [0.1, 0.15) is 5.82 Å². The van der Waals surface area contributed by atoms with Crippen molar-refractivity contribution >= 4 is 28.2 Å². The fourth-order valence-electron chi connectivity index (χ4n) is 6.59. The van der Waals surface area contributed by atoms with E-state index in [1.807, 2.05) is 12.1 Å². The number of aliphatic hydroxyl groups excluding tert-OH is 1. The summed E-state index contributed by atoms with van der Waals surface area (Å²) in [5, 5.41) is 10.3. The lowest BCUT2D eigenvalue weighted by atomic mass is 9.82. The summed E-state index contributed by atoms with van der Waals surface area (Å²) in [6.07, 6.45) is 4.85. The Hall–Kier alpha value is -2.41. The second-order valence-electron chi connectivity index (χ2n) is 11.4. The molecule has 6 nitrogen and oxygen atoms in total. The summed E-state index contributed by atoms with van der Waals surface area (Å²) in [4.78, 5) is 22.5. The maximum atomic E-state index is 12.9. The number of fused-ring (bicyclic) bond motifs is 5. The van der Waals surface area contributed by atoms with E-state index < -0.39 is 0 Å². The third kappa shape index (κ3) is 3.94. The molecule has 0 amide bonds. The Morgan fingerprint density at radius 1 is 1.03 bits per heavy atom. The van der Waals surface area contributed by atoms with Crippen molar-refractivity contribution in [1.82, 2.24) is 14.5 Å². The molecule has 2 aromatic carbocycles. The molecular formula is C29H35ClN4O2. The molecule has 1 saturated carbocycles. The molecule has 1 saturated heterocycles. The number of benzene rings is 2. The molecule has 3 aromatic rings. The molecule has 2 fully saturated rings. The first-order valence-electron chi connectivity index (χ1n) is 13.3. The minimum atomic E-state index is -0.364. The Labute approximate surface area is 217 Å². The Kier molecular flexibility index (Phi) is 6.09. The summed E-state index contributed by atoms with van der Waals surface area (Å²) in [6, 6.07) is 12.3. The van der Waals surface area contributed by atoms with Crippen LogP contribution in [0, 0.1) is 11.8 Å². The smallest absolute Gasteiger partial charge is 0.282 e. The lowest BCUT2D eigenvalue weighted by Crippen LogP contribution is -2.48. The molecular weight excluding hydrogens is 472 g/mol. The zero-order valence-electron chi connectivity index (χ0n) is 21.2. The number of halogens is 1. The SMILES string of the molecule is CC1(C)c2ccc(N3CCN(CC4CCC(CO)CC4)CC3)cc2-n2c1nc(=O)c1c(Cl)cccc12. The first kappa shape index (κ1) is 24.0. The molecule has 1 N–H and O–H groups in total. The number of piperazine rings is 1. The minimum Gasteiger partial charge on any atom is -0.396 e. The predicted molar refractivity (Wildman–Crippen MR) is 146 cm³/mol. The van der Waals surface area contributed by atoms with Crippen molar-refractivity contribution in [2.45, 2.75) is 44.9 Å². The number of aromatic nitrogens is 2. The first-order chi connectivity index (χ1) is 17.4. The zero-order valence-corrected chi connectivity index (χ0v) is 22.0. The van der Waals surface area contributed by atoms with Gasteiger partial charge >= 0.3 is 0 Å². The summed E-state index contributed by atoms with van der Waals surface area (Å²) in [5.74, 6) is 2.07. The van der Waals surface area contributed by atoms with E-state index in [1.165, 1.54) is 43.5 Å². The Balaban J connectivity index is 1.25. The van der Waals surface area contributed by atoms with E-state index in [-0.39, 0.29) is 11.0 Å². The molecule has 2 aliphatic heterocycles. The van der Waals surface area contributed by atoms with Gasteiger partial charge < -0.3 is 10.0 Å². The largest absolute Gasteiger partial charge is 0.396 e. The number of rotatable bonds is 4. The van der Waals surface area contributed by atoms with E-state index in [4.69, 9.17) is 11.6 Å². The third-order valence-electron chi connectivity index (χ3n) is 8.80. The molecule has 1 aromatic heterocycles. The topological polar surface area (TPSA) is 61.6 Å². The maximum absolute atomic E-state index is 12.9. The fourth-order valence-corrected chi connectivity index (χ4v) is 6.84. The van der Waals surface area contributed by atoms with Gasteiger partial charge in [0, 0.05) is 45.0 Å². The molecule has 190 valence electrons. The molecule has 6 rings (SSSR count). The maximum Gasteiger partial charge on any atom is 0.282 e. The van der Waals surface area contributed by atoms with Gasteiger partial charge in [-0.25, -0.2) is 0 Å². The summed E-state index contributed by atoms with van der Waals surface area (Å²) < 4.78 is 2.14. The van der Waals surface area contributed by atoms with E-state index >= 15 is 0 Å². The Bertz CT molecular complexity index is 1350. The van der Waals surface area contributed by atoms with Crippen molar-refractivity contribution < 1.29 is 5.11 Å². The van der Waals surface area contributed by atoms with Crippen LogP contribution in [0.2, 0.25) is 5.02 Å². The molecule has 3 aliphatic rings. The standard InChI is InChI=1S/C29H35ClN4O2/c1-29(2)22-11-10-21(33-14-12-32(13-15-33)17-19-6-8-20(18-35)9-7-19)16-25(22)34-24-5-3-4-23(30)26(24)27(36)31-28(29)34/h3-5,10-11,16,19-20,35H,6-9,12-15,17-18H2,1-2H3. The summed E-state index contributed by atoms with van der Waals surface area (Å²) in [5.41, 5.74) is 3.69. The molecule has 0 spiro atoms. The van der Waals surface area contributed by atoms with Crippen LogP contribution in [0.25, 0.3) is 16.6 Å². The number of hydrogen-bond donors (Lipinski definition) is 1. The van der Waals surface area contributed by atoms with E-state index in [1.54, 1.807) is 6.07 Å². The molecule has 7 heteroatoms. The lowest BCUT2D eigenvalue weighted by molar-refractivity contribution is 0.138. The Morgan fingerprint density at radius 3 is 2.47 bits per heavy atom. The van der Waals surface area contributed by atoms with E-state index in [9.17, 15) is 9.90 Å². The van der Waals surface area contributed by atoms with Crippen LogP contribution >= 0.6 is 11.6 Å². The molecule has 0 unspecified atom stereocenters. The van der Waals surface area contributed by atoms with Gasteiger partial charge in [-0.2, -0.15) is 4.98 Å². The van der Waals surface area contributed by atoms with Gasteiger partial charge in [0.25, 0.3) is 5.56 Å². The van der Waals surface area contributed by atoms with Gasteiger partial charge in [-0.15, -0.1) is 0 Å². The van der Waals surface area contributed by atoms with Gasteiger partial charge in [0.15, 0.2) is 0 Å². The highest BCUT2D eigenvalue weighted by Crippen LogP contribution is 2.44. The van der Waals surface area contributed by atoms with Crippen LogP contribution in [0.15, 0.2) is 41.2 Å². The van der Waals surface area contributed by atoms with Crippen molar-refractivity contribution in [3.8, 4) is 5.69 Å². The van der Waals surface area contributed by atoms with E-state index in [2.05, 4.69) is 51.4 Å². The highest BCUT2D eigenvalue weighted by atomic mass is 35.5. The molecule has 0 atom stereocenters. The van der Waals surface area contributed by atoms with Crippen molar-refractivity contribution in [2.75, 3.05) is 44.2 Å². The minimum absolute atomic E-state index is 0.260. The van der Waals surface area contributed by atoms with Crippen LogP contribution < -0.4 is 10.5 Å². The number of nitrogens with zero attached hydrogens (tertiary/aromatic N) is 4. The van der Waals surface area contributed by atoms with Crippen molar-refractivity contribution in [1.29, 1.82) is 0 Å². The third-order valence-corrected chi connectivity index (χ3v) is 9.11. The predicted octanol–water partition coefficient (Wildman–Crippen LogP) is 4.60. The van der Waals surface area contributed by atoms with E-state index in [0.29, 0.717) is 22.9 Å². The average Bonchev–Trinajstić information content (AvgIpc) is 3.11. The highest BCUT2D eigenvalue weighted by Gasteiger charge is 2.39. The summed E-state index contributed by atoms with van der Waals surface area (Å²) >= 11 is 6.44. The highest BCUT2D eigenvalue weighted by molar-refractivity contribution is 6.35. The molecule has 0 bridgehead atoms. The fraction of sp³-hybridized carbons (Fsp3) is 0.517. The summed E-state index contributed by atoms with van der Waals surface area (Å²) in [7, 11) is 0. The Morgan fingerprint density at radius 2 is 1.75 bits per heavy atom. The van der Waals surface area contributed by atoms with Gasteiger partial charge in [-0.3, -0.25) is 14.3 Å². The van der Waals surface area contributed by atoms with Gasteiger partial charge in [-0.1, -0.05) is 23.7 Å². The van der Waals surface area contributed by atoms with Gasteiger partial charge in [0.05, 0.1) is 27.0 Å². The van der Waals surface area contributed by atoms with Gasteiger partial charge in [-0.05, 0) is 81.2 Å². The normalized spacial score (nSPS) is 23.6. The van der Waals surface area contributed by atoms with Crippen LogP contribution in [0.4, 0.5) is 5.69 Å². The van der Waals surface area contributed by atoms with Crippen LogP contribution in [-0.2, 0) is 5.41 Å². The second-order valence-corrected chi connectivity index (χ2v) is 11.8. The zero-order chi connectivity index (χ0) is 25.0. The number of hydrogen-bond acceptors (Lipinski definition) is 5. The van der Waals surface area contributed by atoms with Crippen LogP contribution in [0.1, 0.15) is 50.9 Å². The second kappa shape index (κ2) is 9.16. The molecule has 3 heterocycles. The van der Waals surface area contributed by atoms with Crippen molar-refractivity contribution in [3.63, 3.8) is 0 Å². The van der Waals surface area contributed by atoms with Crippen molar-refractivity contribution in [3.05, 3.63) is 63.2 Å². The van der Waals surface area contributed by atoms with Gasteiger partial charge in [0.2, 0.25) is 0 Å². The van der Waals surface area contributed by atoms with Crippen molar-refractivity contribution in [2.24, 2.45) is 11.8 Å². The average molecular weight is 507 g/mol. The monoisotopic (exact) mass is 506 g/mol.